The van der Waals surface area contributed by atoms with Gasteiger partial charge in [-0.1, -0.05) is 35.3 Å². The molecule has 1 unspecified atom stereocenters. The van der Waals surface area contributed by atoms with Crippen molar-refractivity contribution in [1.29, 1.82) is 0 Å². The normalized spacial score (nSPS) is 16.1. The third kappa shape index (κ3) is 4.74. The first-order valence-corrected chi connectivity index (χ1v) is 11.0. The number of thiophene rings is 1. The van der Waals surface area contributed by atoms with E-state index in [-0.39, 0.29) is 18.9 Å². The molecule has 2 heterocycles. The Balaban J connectivity index is 1.59. The van der Waals surface area contributed by atoms with Gasteiger partial charge in [0.1, 0.15) is 6.04 Å². The van der Waals surface area contributed by atoms with Gasteiger partial charge in [0, 0.05) is 20.6 Å². The average molecular weight is 474 g/mol. The zero-order valence-electron chi connectivity index (χ0n) is 16.1. The molecule has 1 atom stereocenters. The SMILES string of the molecule is O=C(CC1C(=O)N(c2cccc(Cl)c2)C(=O)N1Cc1cccs1)Nc1ccc(Cl)cc1. The van der Waals surface area contributed by atoms with Crippen LogP contribution in [0, 0.1) is 0 Å². The highest BCUT2D eigenvalue weighted by Gasteiger charge is 2.46. The van der Waals surface area contributed by atoms with Gasteiger partial charge >= 0.3 is 6.03 Å². The van der Waals surface area contributed by atoms with E-state index in [9.17, 15) is 14.4 Å². The second kappa shape index (κ2) is 9.09. The molecular weight excluding hydrogens is 457 g/mol. The number of nitrogens with one attached hydrogen (secondary N) is 1. The largest absolute Gasteiger partial charge is 0.332 e. The van der Waals surface area contributed by atoms with E-state index in [0.29, 0.717) is 21.4 Å². The van der Waals surface area contributed by atoms with Crippen molar-refractivity contribution in [3.8, 4) is 0 Å². The predicted octanol–water partition coefficient (Wildman–Crippen LogP) is 5.42. The molecule has 1 aliphatic heterocycles. The topological polar surface area (TPSA) is 69.7 Å². The summed E-state index contributed by atoms with van der Waals surface area (Å²) in [6.45, 7) is 0.234. The fourth-order valence-electron chi connectivity index (χ4n) is 3.36. The number of hydrogen-bond acceptors (Lipinski definition) is 4. The van der Waals surface area contributed by atoms with Crippen LogP contribution in [0.5, 0.6) is 0 Å². The van der Waals surface area contributed by atoms with E-state index in [1.807, 2.05) is 17.5 Å². The number of imide groups is 1. The summed E-state index contributed by atoms with van der Waals surface area (Å²) in [4.78, 5) is 42.5. The fourth-order valence-corrected chi connectivity index (χ4v) is 4.37. The summed E-state index contributed by atoms with van der Waals surface area (Å²) in [5.41, 5.74) is 0.932. The Morgan fingerprint density at radius 1 is 1.00 bits per heavy atom. The molecule has 0 aliphatic carbocycles. The standard InChI is InChI=1S/C22H17Cl2N3O3S/c23-14-6-8-16(9-7-14)25-20(28)12-19-21(29)27(17-4-1-3-15(24)11-17)22(30)26(19)13-18-5-2-10-31-18/h1-11,19H,12-13H2,(H,25,28). The van der Waals surface area contributed by atoms with Gasteiger partial charge in [0.05, 0.1) is 18.7 Å². The third-order valence-corrected chi connectivity index (χ3v) is 6.15. The van der Waals surface area contributed by atoms with E-state index < -0.39 is 18.0 Å². The van der Waals surface area contributed by atoms with Crippen LogP contribution in [0.25, 0.3) is 0 Å². The Morgan fingerprint density at radius 3 is 2.45 bits per heavy atom. The van der Waals surface area contributed by atoms with Crippen LogP contribution in [0.1, 0.15) is 11.3 Å². The number of carbonyl (C=O) groups excluding carboxylic acids is 3. The Labute approximate surface area is 193 Å². The summed E-state index contributed by atoms with van der Waals surface area (Å²) in [6, 6.07) is 15.5. The Morgan fingerprint density at radius 2 is 1.77 bits per heavy atom. The van der Waals surface area contributed by atoms with Crippen molar-refractivity contribution in [2.75, 3.05) is 10.2 Å². The minimum absolute atomic E-state index is 0.171. The average Bonchev–Trinajstić information content (AvgIpc) is 3.32. The smallest absolute Gasteiger partial charge is 0.326 e. The molecule has 3 aromatic rings. The summed E-state index contributed by atoms with van der Waals surface area (Å²) in [6.07, 6.45) is -0.171. The van der Waals surface area contributed by atoms with Gasteiger partial charge in [-0.3, -0.25) is 9.59 Å². The van der Waals surface area contributed by atoms with E-state index in [0.717, 1.165) is 9.78 Å². The molecule has 31 heavy (non-hydrogen) atoms. The van der Waals surface area contributed by atoms with Gasteiger partial charge in [-0.25, -0.2) is 9.69 Å². The lowest BCUT2D eigenvalue weighted by molar-refractivity contribution is -0.124. The van der Waals surface area contributed by atoms with E-state index in [2.05, 4.69) is 5.32 Å². The number of urea groups is 1. The van der Waals surface area contributed by atoms with Gasteiger partial charge < -0.3 is 10.2 Å². The minimum atomic E-state index is -0.930. The maximum absolute atomic E-state index is 13.2. The molecule has 0 radical (unpaired) electrons. The lowest BCUT2D eigenvalue weighted by Crippen LogP contribution is -2.37. The summed E-state index contributed by atoms with van der Waals surface area (Å²) in [7, 11) is 0. The highest BCUT2D eigenvalue weighted by Crippen LogP contribution is 2.30. The van der Waals surface area contributed by atoms with E-state index in [1.165, 1.54) is 16.2 Å². The van der Waals surface area contributed by atoms with Crippen LogP contribution < -0.4 is 10.2 Å². The summed E-state index contributed by atoms with van der Waals surface area (Å²) in [5.74, 6) is -0.840. The molecule has 6 nitrogen and oxygen atoms in total. The molecule has 1 N–H and O–H groups in total. The lowest BCUT2D eigenvalue weighted by Gasteiger charge is -2.21. The van der Waals surface area contributed by atoms with Crippen molar-refractivity contribution in [1.82, 2.24) is 4.90 Å². The monoisotopic (exact) mass is 473 g/mol. The number of amides is 4. The maximum atomic E-state index is 13.2. The summed E-state index contributed by atoms with van der Waals surface area (Å²) >= 11 is 13.4. The molecule has 158 valence electrons. The predicted molar refractivity (Wildman–Crippen MR) is 123 cm³/mol. The highest BCUT2D eigenvalue weighted by molar-refractivity contribution is 7.09. The van der Waals surface area contributed by atoms with Gasteiger partial charge in [0.25, 0.3) is 5.91 Å². The zero-order chi connectivity index (χ0) is 22.0. The number of carbonyl (C=O) groups is 3. The van der Waals surface area contributed by atoms with E-state index in [4.69, 9.17) is 23.2 Å². The Hall–Kier alpha value is -2.87. The van der Waals surface area contributed by atoms with Gasteiger partial charge in [0.2, 0.25) is 5.91 Å². The van der Waals surface area contributed by atoms with Crippen LogP contribution in [-0.4, -0.2) is 28.8 Å². The molecule has 9 heteroatoms. The number of rotatable bonds is 6. The highest BCUT2D eigenvalue weighted by atomic mass is 35.5. The van der Waals surface area contributed by atoms with Crippen LogP contribution >= 0.6 is 34.5 Å². The van der Waals surface area contributed by atoms with Crippen LogP contribution in [0.15, 0.2) is 66.0 Å². The molecule has 1 fully saturated rings. The van der Waals surface area contributed by atoms with Crippen molar-refractivity contribution < 1.29 is 14.4 Å². The summed E-state index contributed by atoms with van der Waals surface area (Å²) in [5, 5.41) is 5.61. The minimum Gasteiger partial charge on any atom is -0.326 e. The lowest BCUT2D eigenvalue weighted by atomic mass is 10.1. The van der Waals surface area contributed by atoms with Crippen molar-refractivity contribution in [2.45, 2.75) is 19.0 Å². The van der Waals surface area contributed by atoms with E-state index >= 15 is 0 Å². The Kier molecular flexibility index (Phi) is 6.27. The molecule has 0 saturated carbocycles. The number of benzene rings is 2. The van der Waals surface area contributed by atoms with Crippen LogP contribution in [0.3, 0.4) is 0 Å². The van der Waals surface area contributed by atoms with Crippen molar-refractivity contribution >= 4 is 63.8 Å². The molecule has 2 aromatic carbocycles. The quantitative estimate of drug-likeness (QED) is 0.485. The van der Waals surface area contributed by atoms with Gasteiger partial charge in [-0.2, -0.15) is 0 Å². The second-order valence-electron chi connectivity index (χ2n) is 6.92. The number of hydrogen-bond donors (Lipinski definition) is 1. The third-order valence-electron chi connectivity index (χ3n) is 4.80. The number of nitrogens with zero attached hydrogens (tertiary/aromatic N) is 2. The number of halogens is 2. The summed E-state index contributed by atoms with van der Waals surface area (Å²) < 4.78 is 0. The molecule has 4 amide bonds. The molecule has 1 saturated heterocycles. The first kappa shape index (κ1) is 21.4. The maximum Gasteiger partial charge on any atom is 0.332 e. The molecule has 0 bridgehead atoms. The Bertz CT molecular complexity index is 1120. The molecular formula is C22H17Cl2N3O3S. The van der Waals surface area contributed by atoms with Gasteiger partial charge in [-0.15, -0.1) is 11.3 Å². The fraction of sp³-hybridized carbons (Fsp3) is 0.136. The number of anilines is 2. The van der Waals surface area contributed by atoms with Crippen LogP contribution in [-0.2, 0) is 16.1 Å². The molecule has 4 rings (SSSR count). The van der Waals surface area contributed by atoms with Crippen molar-refractivity contribution in [3.05, 3.63) is 81.0 Å². The molecule has 0 spiro atoms. The van der Waals surface area contributed by atoms with Crippen LogP contribution in [0.4, 0.5) is 16.2 Å². The van der Waals surface area contributed by atoms with Gasteiger partial charge in [0.15, 0.2) is 0 Å². The van der Waals surface area contributed by atoms with Crippen molar-refractivity contribution in [2.24, 2.45) is 0 Å². The van der Waals surface area contributed by atoms with Gasteiger partial charge in [-0.05, 0) is 53.9 Å². The van der Waals surface area contributed by atoms with Crippen molar-refractivity contribution in [3.63, 3.8) is 0 Å². The first-order valence-electron chi connectivity index (χ1n) is 9.40. The zero-order valence-corrected chi connectivity index (χ0v) is 18.5. The molecule has 1 aliphatic rings. The van der Waals surface area contributed by atoms with E-state index in [1.54, 1.807) is 48.5 Å². The molecule has 1 aromatic heterocycles. The first-order chi connectivity index (χ1) is 14.9. The second-order valence-corrected chi connectivity index (χ2v) is 8.82. The van der Waals surface area contributed by atoms with Crippen LogP contribution in [0.2, 0.25) is 10.0 Å².